The Hall–Kier alpha value is -1.12. The lowest BCUT2D eigenvalue weighted by Crippen LogP contribution is -2.39. The van der Waals surface area contributed by atoms with Gasteiger partial charge in [-0.1, -0.05) is 37.3 Å². The topological polar surface area (TPSA) is 39.7 Å². The van der Waals surface area contributed by atoms with E-state index in [1.807, 2.05) is 11.3 Å². The SMILES string of the molecule is CCNC(=NCc1ccccc1CN(C)C)NCC(C)Cc1cccs1.I. The van der Waals surface area contributed by atoms with Gasteiger partial charge in [0.2, 0.25) is 0 Å². The summed E-state index contributed by atoms with van der Waals surface area (Å²) in [6, 6.07) is 12.9. The third-order valence-corrected chi connectivity index (χ3v) is 5.00. The largest absolute Gasteiger partial charge is 0.357 e. The summed E-state index contributed by atoms with van der Waals surface area (Å²) >= 11 is 1.83. The second kappa shape index (κ2) is 13.1. The first-order chi connectivity index (χ1) is 12.6. The molecule has 0 spiro atoms. The number of hydrogen-bond donors (Lipinski definition) is 2. The Morgan fingerprint density at radius 3 is 2.48 bits per heavy atom. The number of rotatable bonds is 9. The number of hydrogen-bond acceptors (Lipinski definition) is 3. The second-order valence-electron chi connectivity index (χ2n) is 6.97. The van der Waals surface area contributed by atoms with Crippen molar-refractivity contribution in [2.45, 2.75) is 33.4 Å². The number of nitrogens with zero attached hydrogens (tertiary/aromatic N) is 2. The van der Waals surface area contributed by atoms with Gasteiger partial charge in [-0.25, -0.2) is 4.99 Å². The van der Waals surface area contributed by atoms with Gasteiger partial charge in [-0.15, -0.1) is 35.3 Å². The molecule has 1 aromatic heterocycles. The molecular formula is C21H33IN4S. The van der Waals surface area contributed by atoms with E-state index in [2.05, 4.69) is 85.3 Å². The van der Waals surface area contributed by atoms with Crippen molar-refractivity contribution in [1.29, 1.82) is 0 Å². The van der Waals surface area contributed by atoms with E-state index in [-0.39, 0.29) is 24.0 Å². The second-order valence-corrected chi connectivity index (χ2v) is 8.00. The molecular weight excluding hydrogens is 467 g/mol. The molecule has 0 saturated carbocycles. The van der Waals surface area contributed by atoms with Gasteiger partial charge < -0.3 is 15.5 Å². The molecule has 0 fully saturated rings. The minimum atomic E-state index is 0. The predicted octanol–water partition coefficient (Wildman–Crippen LogP) is 4.36. The molecule has 1 heterocycles. The first-order valence-electron chi connectivity index (χ1n) is 9.34. The Bertz CT molecular complexity index is 671. The van der Waals surface area contributed by atoms with Gasteiger partial charge in [0.1, 0.15) is 0 Å². The van der Waals surface area contributed by atoms with Crippen molar-refractivity contribution in [2.24, 2.45) is 10.9 Å². The highest BCUT2D eigenvalue weighted by Gasteiger charge is 2.07. The number of aliphatic imine (C=N–C) groups is 1. The van der Waals surface area contributed by atoms with Gasteiger partial charge in [-0.2, -0.15) is 0 Å². The highest BCUT2D eigenvalue weighted by Crippen LogP contribution is 2.14. The first kappa shape index (κ1) is 23.9. The van der Waals surface area contributed by atoms with Gasteiger partial charge in [-0.3, -0.25) is 0 Å². The van der Waals surface area contributed by atoms with E-state index >= 15 is 0 Å². The summed E-state index contributed by atoms with van der Waals surface area (Å²) in [5.41, 5.74) is 2.62. The Morgan fingerprint density at radius 2 is 1.85 bits per heavy atom. The van der Waals surface area contributed by atoms with Crippen molar-refractivity contribution < 1.29 is 0 Å². The summed E-state index contributed by atoms with van der Waals surface area (Å²) in [4.78, 5) is 8.44. The lowest BCUT2D eigenvalue weighted by atomic mass is 10.1. The van der Waals surface area contributed by atoms with Crippen LogP contribution in [0.25, 0.3) is 0 Å². The fraction of sp³-hybridized carbons (Fsp3) is 0.476. The van der Waals surface area contributed by atoms with Gasteiger partial charge in [0.05, 0.1) is 6.54 Å². The number of nitrogens with one attached hydrogen (secondary N) is 2. The van der Waals surface area contributed by atoms with Crippen LogP contribution in [0.5, 0.6) is 0 Å². The molecule has 0 aliphatic rings. The Kier molecular flexibility index (Phi) is 11.6. The Labute approximate surface area is 185 Å². The quantitative estimate of drug-likeness (QED) is 0.305. The van der Waals surface area contributed by atoms with Crippen LogP contribution in [0.15, 0.2) is 46.8 Å². The van der Waals surface area contributed by atoms with Gasteiger partial charge in [0.25, 0.3) is 0 Å². The van der Waals surface area contributed by atoms with E-state index in [9.17, 15) is 0 Å². The zero-order valence-electron chi connectivity index (χ0n) is 16.9. The van der Waals surface area contributed by atoms with Crippen molar-refractivity contribution in [2.75, 3.05) is 27.2 Å². The number of benzene rings is 1. The highest BCUT2D eigenvalue weighted by atomic mass is 127. The Balaban J connectivity index is 0.00000364. The summed E-state index contributed by atoms with van der Waals surface area (Å²) in [6.07, 6.45) is 1.11. The van der Waals surface area contributed by atoms with Crippen LogP contribution >= 0.6 is 35.3 Å². The smallest absolute Gasteiger partial charge is 0.191 e. The van der Waals surface area contributed by atoms with E-state index < -0.39 is 0 Å². The fourth-order valence-electron chi connectivity index (χ4n) is 2.83. The lowest BCUT2D eigenvalue weighted by Gasteiger charge is -2.16. The molecule has 2 rings (SSSR count). The fourth-order valence-corrected chi connectivity index (χ4v) is 3.70. The van der Waals surface area contributed by atoms with Crippen LogP contribution in [0, 0.1) is 5.92 Å². The molecule has 6 heteroatoms. The average molecular weight is 500 g/mol. The first-order valence-corrected chi connectivity index (χ1v) is 10.2. The lowest BCUT2D eigenvalue weighted by molar-refractivity contribution is 0.401. The maximum atomic E-state index is 4.80. The highest BCUT2D eigenvalue weighted by molar-refractivity contribution is 14.0. The molecule has 1 atom stereocenters. The molecule has 0 radical (unpaired) electrons. The minimum Gasteiger partial charge on any atom is -0.357 e. The molecule has 4 nitrogen and oxygen atoms in total. The zero-order valence-corrected chi connectivity index (χ0v) is 20.0. The third-order valence-electron chi connectivity index (χ3n) is 4.10. The summed E-state index contributed by atoms with van der Waals surface area (Å²) in [7, 11) is 4.20. The number of halogens is 1. The summed E-state index contributed by atoms with van der Waals surface area (Å²) in [6.45, 7) is 7.80. The van der Waals surface area contributed by atoms with Crippen LogP contribution in [-0.4, -0.2) is 38.0 Å². The van der Waals surface area contributed by atoms with Gasteiger partial charge in [0, 0.05) is 24.5 Å². The van der Waals surface area contributed by atoms with Crippen LogP contribution in [0.4, 0.5) is 0 Å². The predicted molar refractivity (Wildman–Crippen MR) is 129 cm³/mol. The normalized spacial score (nSPS) is 12.6. The Morgan fingerprint density at radius 1 is 1.11 bits per heavy atom. The van der Waals surface area contributed by atoms with Crippen molar-refractivity contribution in [3.63, 3.8) is 0 Å². The van der Waals surface area contributed by atoms with Crippen LogP contribution in [0.2, 0.25) is 0 Å². The van der Waals surface area contributed by atoms with Crippen molar-refractivity contribution >= 4 is 41.3 Å². The molecule has 0 saturated heterocycles. The number of thiophene rings is 1. The molecule has 27 heavy (non-hydrogen) atoms. The van der Waals surface area contributed by atoms with Crippen molar-refractivity contribution in [1.82, 2.24) is 15.5 Å². The van der Waals surface area contributed by atoms with Crippen LogP contribution in [-0.2, 0) is 19.5 Å². The standard InChI is InChI=1S/C21H32N4S.HI/c1-5-22-21(23-14-17(2)13-20-11-8-12-26-20)24-15-18-9-6-7-10-19(18)16-25(3)4;/h6-12,17H,5,13-16H2,1-4H3,(H2,22,23,24);1H. The van der Waals surface area contributed by atoms with Gasteiger partial charge >= 0.3 is 0 Å². The van der Waals surface area contributed by atoms with Gasteiger partial charge in [0.15, 0.2) is 5.96 Å². The zero-order chi connectivity index (χ0) is 18.8. The van der Waals surface area contributed by atoms with Crippen molar-refractivity contribution in [3.8, 4) is 0 Å². The average Bonchev–Trinajstić information content (AvgIpc) is 3.11. The van der Waals surface area contributed by atoms with E-state index in [0.717, 1.165) is 32.0 Å². The van der Waals surface area contributed by atoms with E-state index in [1.54, 1.807) is 0 Å². The van der Waals surface area contributed by atoms with E-state index in [1.165, 1.54) is 16.0 Å². The third kappa shape index (κ3) is 9.08. The van der Waals surface area contributed by atoms with Crippen molar-refractivity contribution in [3.05, 3.63) is 57.8 Å². The molecule has 2 aromatic rings. The molecule has 2 N–H and O–H groups in total. The molecule has 0 aliphatic carbocycles. The molecule has 0 aliphatic heterocycles. The molecule has 0 amide bonds. The maximum absolute atomic E-state index is 4.80. The number of guanidine groups is 1. The van der Waals surface area contributed by atoms with Crippen LogP contribution < -0.4 is 10.6 Å². The van der Waals surface area contributed by atoms with Crippen LogP contribution in [0.3, 0.4) is 0 Å². The minimum absolute atomic E-state index is 0. The summed E-state index contributed by atoms with van der Waals surface area (Å²) < 4.78 is 0. The maximum Gasteiger partial charge on any atom is 0.191 e. The molecule has 1 unspecified atom stereocenters. The molecule has 150 valence electrons. The molecule has 1 aromatic carbocycles. The summed E-state index contributed by atoms with van der Waals surface area (Å²) in [5, 5.41) is 9.00. The van der Waals surface area contributed by atoms with Gasteiger partial charge in [-0.05, 0) is 55.9 Å². The molecule has 0 bridgehead atoms. The van der Waals surface area contributed by atoms with E-state index in [4.69, 9.17) is 4.99 Å². The van der Waals surface area contributed by atoms with E-state index in [0.29, 0.717) is 12.5 Å². The summed E-state index contributed by atoms with van der Waals surface area (Å²) in [5.74, 6) is 1.46. The van der Waals surface area contributed by atoms with Crippen LogP contribution in [0.1, 0.15) is 29.9 Å². The monoisotopic (exact) mass is 500 g/mol.